The van der Waals surface area contributed by atoms with Crippen molar-refractivity contribution < 1.29 is 5.11 Å². The van der Waals surface area contributed by atoms with Crippen LogP contribution in [0.25, 0.3) is 0 Å². The molecule has 1 nitrogen and oxygen atoms in total. The summed E-state index contributed by atoms with van der Waals surface area (Å²) >= 11 is 1.96. The van der Waals surface area contributed by atoms with Gasteiger partial charge >= 0.3 is 0 Å². The predicted octanol–water partition coefficient (Wildman–Crippen LogP) is 4.29. The molecule has 0 amide bonds. The Morgan fingerprint density at radius 1 is 1.24 bits per heavy atom. The predicted molar refractivity (Wildman–Crippen MR) is 74.7 cm³/mol. The molecule has 1 unspecified atom stereocenters. The van der Waals surface area contributed by atoms with Crippen LogP contribution in [-0.2, 0) is 5.41 Å². The van der Waals surface area contributed by atoms with Crippen molar-refractivity contribution in [2.75, 3.05) is 0 Å². The van der Waals surface area contributed by atoms with Gasteiger partial charge in [0.1, 0.15) is 0 Å². The van der Waals surface area contributed by atoms with Crippen LogP contribution in [0.2, 0.25) is 0 Å². The summed E-state index contributed by atoms with van der Waals surface area (Å²) in [5.41, 5.74) is 2.60. The number of hydrogen-bond donors (Lipinski definition) is 1. The maximum absolute atomic E-state index is 9.69. The molecule has 0 bridgehead atoms. The van der Waals surface area contributed by atoms with Gasteiger partial charge in [0.25, 0.3) is 0 Å². The van der Waals surface area contributed by atoms with Crippen LogP contribution in [0, 0.1) is 0 Å². The average molecular weight is 250 g/mol. The molecule has 2 heteroatoms. The summed E-state index contributed by atoms with van der Waals surface area (Å²) in [6, 6.07) is 6.40. The number of hydrogen-bond acceptors (Lipinski definition) is 2. The second kappa shape index (κ2) is 4.03. The van der Waals surface area contributed by atoms with Crippen LogP contribution >= 0.6 is 11.8 Å². The van der Waals surface area contributed by atoms with E-state index in [-0.39, 0.29) is 11.5 Å². The Bertz CT molecular complexity index is 433. The number of fused-ring (bicyclic) bond motifs is 1. The van der Waals surface area contributed by atoms with Crippen molar-refractivity contribution in [3.05, 3.63) is 29.3 Å². The van der Waals surface area contributed by atoms with E-state index in [0.717, 1.165) is 5.56 Å². The van der Waals surface area contributed by atoms with Crippen LogP contribution in [0.4, 0.5) is 0 Å². The molecule has 1 atom stereocenters. The van der Waals surface area contributed by atoms with E-state index < -0.39 is 0 Å². The molecule has 0 saturated heterocycles. The van der Waals surface area contributed by atoms with Gasteiger partial charge in [-0.3, -0.25) is 0 Å². The molecule has 2 rings (SSSR count). The van der Waals surface area contributed by atoms with E-state index in [1.165, 1.54) is 16.9 Å². The third kappa shape index (κ3) is 2.53. The molecule has 0 saturated carbocycles. The lowest BCUT2D eigenvalue weighted by atomic mass is 9.76. The molecule has 1 N–H and O–H groups in total. The summed E-state index contributed by atoms with van der Waals surface area (Å²) in [5.74, 6) is 0. The second-order valence-corrected chi connectivity index (χ2v) is 8.10. The molecule has 17 heavy (non-hydrogen) atoms. The number of thioether (sulfide) groups is 1. The molecular formula is C15H22OS. The minimum absolute atomic E-state index is 0.189. The van der Waals surface area contributed by atoms with Crippen LogP contribution in [0.1, 0.15) is 58.3 Å². The first-order valence-corrected chi connectivity index (χ1v) is 7.04. The zero-order valence-corrected chi connectivity index (χ0v) is 12.2. The Morgan fingerprint density at radius 2 is 1.88 bits per heavy atom. The maximum atomic E-state index is 9.69. The van der Waals surface area contributed by atoms with Crippen molar-refractivity contribution in [2.24, 2.45) is 0 Å². The third-order valence-corrected chi connectivity index (χ3v) is 4.74. The fourth-order valence-electron chi connectivity index (χ4n) is 2.92. The minimum atomic E-state index is -0.379. The van der Waals surface area contributed by atoms with Crippen molar-refractivity contribution in [3.8, 4) is 0 Å². The first kappa shape index (κ1) is 13.0. The summed E-state index contributed by atoms with van der Waals surface area (Å²) < 4.78 is 0.294. The lowest BCUT2D eigenvalue weighted by Gasteiger charge is -2.42. The number of benzene rings is 1. The summed E-state index contributed by atoms with van der Waals surface area (Å²) in [6.07, 6.45) is 0.789. The summed E-state index contributed by atoms with van der Waals surface area (Å²) in [7, 11) is 0. The molecule has 0 spiro atoms. The van der Waals surface area contributed by atoms with Crippen LogP contribution in [-0.4, -0.2) is 9.85 Å². The van der Waals surface area contributed by atoms with Crippen LogP contribution < -0.4 is 0 Å². The van der Waals surface area contributed by atoms with E-state index in [2.05, 4.69) is 39.8 Å². The van der Waals surface area contributed by atoms with Crippen molar-refractivity contribution >= 4 is 11.8 Å². The topological polar surface area (TPSA) is 20.2 Å². The second-order valence-electron chi connectivity index (χ2n) is 6.35. The highest BCUT2D eigenvalue weighted by molar-refractivity contribution is 8.00. The van der Waals surface area contributed by atoms with Crippen molar-refractivity contribution in [2.45, 2.75) is 62.2 Å². The normalized spacial score (nSPS) is 22.9. The Hall–Kier alpha value is -0.470. The molecule has 0 fully saturated rings. The van der Waals surface area contributed by atoms with E-state index >= 15 is 0 Å². The highest BCUT2D eigenvalue weighted by Crippen LogP contribution is 2.51. The molecular weight excluding hydrogens is 228 g/mol. The first-order chi connectivity index (χ1) is 7.71. The van der Waals surface area contributed by atoms with Gasteiger partial charge in [-0.05, 0) is 36.0 Å². The Balaban J connectivity index is 2.51. The van der Waals surface area contributed by atoms with Crippen molar-refractivity contribution in [3.63, 3.8) is 0 Å². The van der Waals surface area contributed by atoms with Crippen LogP contribution in [0.3, 0.4) is 0 Å². The van der Waals surface area contributed by atoms with E-state index in [0.29, 0.717) is 4.75 Å². The Morgan fingerprint density at radius 3 is 2.47 bits per heavy atom. The lowest BCUT2D eigenvalue weighted by Crippen LogP contribution is -2.33. The van der Waals surface area contributed by atoms with Gasteiger partial charge in [0.2, 0.25) is 0 Å². The van der Waals surface area contributed by atoms with Crippen LogP contribution in [0.15, 0.2) is 23.1 Å². The molecule has 1 aromatic carbocycles. The van der Waals surface area contributed by atoms with Gasteiger partial charge < -0.3 is 5.11 Å². The fourth-order valence-corrected chi connectivity index (χ4v) is 4.53. The van der Waals surface area contributed by atoms with E-state index in [1.807, 2.05) is 24.8 Å². The molecule has 1 heterocycles. The molecule has 0 radical (unpaired) electrons. The first-order valence-electron chi connectivity index (χ1n) is 6.23. The van der Waals surface area contributed by atoms with Crippen LogP contribution in [0.5, 0.6) is 0 Å². The van der Waals surface area contributed by atoms with E-state index in [1.54, 1.807) is 0 Å². The van der Waals surface area contributed by atoms with E-state index in [9.17, 15) is 5.11 Å². The van der Waals surface area contributed by atoms with Gasteiger partial charge in [0, 0.05) is 9.64 Å². The van der Waals surface area contributed by atoms with Crippen molar-refractivity contribution in [1.29, 1.82) is 0 Å². The smallest absolute Gasteiger partial charge is 0.0762 e. The van der Waals surface area contributed by atoms with Gasteiger partial charge in [-0.2, -0.15) is 0 Å². The van der Waals surface area contributed by atoms with Gasteiger partial charge in [0.05, 0.1) is 6.10 Å². The highest BCUT2D eigenvalue weighted by atomic mass is 32.2. The summed E-state index contributed by atoms with van der Waals surface area (Å²) in [5, 5.41) is 9.69. The average Bonchev–Trinajstić information content (AvgIpc) is 2.13. The summed E-state index contributed by atoms with van der Waals surface area (Å²) in [6.45, 7) is 11.1. The number of aliphatic hydroxyl groups is 1. The van der Waals surface area contributed by atoms with Gasteiger partial charge in [-0.15, -0.1) is 11.8 Å². The monoisotopic (exact) mass is 250 g/mol. The SMILES string of the molecule is CC(O)c1ccc2c(c1)C(C)(C)CC(C)(C)S2. The highest BCUT2D eigenvalue weighted by Gasteiger charge is 2.38. The summed E-state index contributed by atoms with van der Waals surface area (Å²) in [4.78, 5) is 1.37. The Kier molecular flexibility index (Phi) is 3.07. The molecule has 0 aromatic heterocycles. The van der Waals surface area contributed by atoms with Gasteiger partial charge in [0.15, 0.2) is 0 Å². The largest absolute Gasteiger partial charge is 0.389 e. The van der Waals surface area contributed by atoms with Crippen molar-refractivity contribution in [1.82, 2.24) is 0 Å². The molecule has 94 valence electrons. The third-order valence-electron chi connectivity index (χ3n) is 3.47. The number of rotatable bonds is 1. The maximum Gasteiger partial charge on any atom is 0.0762 e. The molecule has 1 aromatic rings. The number of aliphatic hydroxyl groups excluding tert-OH is 1. The zero-order valence-electron chi connectivity index (χ0n) is 11.4. The fraction of sp³-hybridized carbons (Fsp3) is 0.600. The van der Waals surface area contributed by atoms with Gasteiger partial charge in [-0.25, -0.2) is 0 Å². The van der Waals surface area contributed by atoms with Gasteiger partial charge in [-0.1, -0.05) is 39.8 Å². The Labute approximate surface area is 109 Å². The quantitative estimate of drug-likeness (QED) is 0.802. The zero-order chi connectivity index (χ0) is 12.8. The molecule has 0 aliphatic carbocycles. The molecule has 1 aliphatic heterocycles. The minimum Gasteiger partial charge on any atom is -0.389 e. The molecule has 1 aliphatic rings. The lowest BCUT2D eigenvalue weighted by molar-refractivity contribution is 0.199. The van der Waals surface area contributed by atoms with E-state index in [4.69, 9.17) is 0 Å². The standard InChI is InChI=1S/C15H22OS/c1-10(16)11-6-7-13-12(8-11)14(2,3)9-15(4,5)17-13/h6-8,10,16H,9H2,1-5H3.